The molecular weight excluding hydrogens is 441 g/mol. The van der Waals surface area contributed by atoms with Crippen LogP contribution in [0.3, 0.4) is 0 Å². The van der Waals surface area contributed by atoms with Gasteiger partial charge in [0.05, 0.1) is 28.9 Å². The Morgan fingerprint density at radius 3 is 2.32 bits per heavy atom. The molecule has 0 bridgehead atoms. The second-order valence-electron chi connectivity index (χ2n) is 9.11. The van der Waals surface area contributed by atoms with E-state index in [0.717, 1.165) is 5.56 Å². The zero-order chi connectivity index (χ0) is 24.6. The van der Waals surface area contributed by atoms with Crippen molar-refractivity contribution >= 4 is 11.0 Å². The van der Waals surface area contributed by atoms with Gasteiger partial charge in [0.25, 0.3) is 0 Å². The van der Waals surface area contributed by atoms with Crippen molar-refractivity contribution in [2.45, 2.75) is 43.9 Å². The lowest BCUT2D eigenvalue weighted by Crippen LogP contribution is -2.50. The quantitative estimate of drug-likeness (QED) is 0.383. The molecule has 1 unspecified atom stereocenters. The highest BCUT2D eigenvalue weighted by atomic mass is 19.4. The smallest absolute Gasteiger partial charge is 0.380 e. The van der Waals surface area contributed by atoms with Crippen LogP contribution < -0.4 is 0 Å². The van der Waals surface area contributed by atoms with Crippen LogP contribution in [0, 0.1) is 11.3 Å². The van der Waals surface area contributed by atoms with Crippen LogP contribution in [-0.4, -0.2) is 31.8 Å². The average Bonchev–Trinajstić information content (AvgIpc) is 3.19. The first-order valence-corrected chi connectivity index (χ1v) is 10.7. The second-order valence-corrected chi connectivity index (χ2v) is 9.11. The van der Waals surface area contributed by atoms with E-state index in [-0.39, 0.29) is 5.69 Å². The molecule has 0 aliphatic carbocycles. The number of nitrogens with one attached hydrogen (secondary N) is 1. The molecule has 34 heavy (non-hydrogen) atoms. The van der Waals surface area contributed by atoms with Gasteiger partial charge in [0.2, 0.25) is 0 Å². The second kappa shape index (κ2) is 8.58. The molecular formula is C26H23F3N4O. The summed E-state index contributed by atoms with van der Waals surface area (Å²) in [5.41, 5.74) is -1.01. The van der Waals surface area contributed by atoms with Gasteiger partial charge in [0, 0.05) is 17.7 Å². The van der Waals surface area contributed by atoms with Gasteiger partial charge in [-0.3, -0.25) is 0 Å². The van der Waals surface area contributed by atoms with Gasteiger partial charge >= 0.3 is 6.18 Å². The molecule has 2 aromatic heterocycles. The molecule has 0 aliphatic heterocycles. The zero-order valence-electron chi connectivity index (χ0n) is 18.7. The van der Waals surface area contributed by atoms with Crippen molar-refractivity contribution in [3.05, 3.63) is 83.7 Å². The van der Waals surface area contributed by atoms with Crippen molar-refractivity contribution in [2.24, 2.45) is 0 Å². The number of nitriles is 1. The summed E-state index contributed by atoms with van der Waals surface area (Å²) in [7, 11) is 0. The number of fused-ring (bicyclic) bond motifs is 1. The molecule has 4 aromatic rings. The van der Waals surface area contributed by atoms with E-state index in [0.29, 0.717) is 28.0 Å². The summed E-state index contributed by atoms with van der Waals surface area (Å²) in [5, 5.41) is 19.9. The van der Waals surface area contributed by atoms with Crippen molar-refractivity contribution < 1.29 is 18.3 Å². The third-order valence-corrected chi connectivity index (χ3v) is 6.00. The number of nitrogens with zero attached hydrogens (tertiary/aromatic N) is 3. The Morgan fingerprint density at radius 1 is 1.03 bits per heavy atom. The van der Waals surface area contributed by atoms with Gasteiger partial charge in [-0.2, -0.15) is 18.4 Å². The van der Waals surface area contributed by atoms with Gasteiger partial charge in [0.1, 0.15) is 0 Å². The fraction of sp³-hybridized carbons (Fsp3) is 0.269. The fourth-order valence-electron chi connectivity index (χ4n) is 4.20. The third kappa shape index (κ3) is 4.66. The standard InChI is InChI=1S/C26H23F3N4O/c1-24(2,19-10-8-17(14-30)9-11-19)16-25(34,26(27,28)29)13-20-12-21-22(32-20)15-31-23(33-21)18-6-4-3-5-7-18/h3-12,15,32,34H,13,16H2,1-2H3. The molecule has 1 atom stereocenters. The Kier molecular flexibility index (Phi) is 5.92. The summed E-state index contributed by atoms with van der Waals surface area (Å²) in [6, 6.07) is 19.2. The first-order valence-electron chi connectivity index (χ1n) is 10.7. The molecule has 2 heterocycles. The van der Waals surface area contributed by atoms with Crippen LogP contribution in [-0.2, 0) is 11.8 Å². The Hall–Kier alpha value is -3.70. The zero-order valence-corrected chi connectivity index (χ0v) is 18.7. The van der Waals surface area contributed by atoms with Crippen molar-refractivity contribution in [1.82, 2.24) is 15.0 Å². The molecule has 0 radical (unpaired) electrons. The summed E-state index contributed by atoms with van der Waals surface area (Å²) in [6.07, 6.45) is -4.56. The molecule has 0 saturated heterocycles. The summed E-state index contributed by atoms with van der Waals surface area (Å²) in [5.74, 6) is 0.465. The molecule has 4 rings (SSSR count). The maximum Gasteiger partial charge on any atom is 0.417 e. The van der Waals surface area contributed by atoms with E-state index in [2.05, 4.69) is 15.0 Å². The van der Waals surface area contributed by atoms with Crippen molar-refractivity contribution in [1.29, 1.82) is 5.26 Å². The molecule has 8 heteroatoms. The first kappa shape index (κ1) is 23.5. The Bertz CT molecular complexity index is 1340. The molecule has 0 spiro atoms. The fourth-order valence-corrected chi connectivity index (χ4v) is 4.20. The summed E-state index contributed by atoms with van der Waals surface area (Å²) in [4.78, 5) is 11.7. The molecule has 2 N–H and O–H groups in total. The number of aromatic amines is 1. The highest BCUT2D eigenvalue weighted by Crippen LogP contribution is 2.43. The van der Waals surface area contributed by atoms with Crippen molar-refractivity contribution in [3.63, 3.8) is 0 Å². The van der Waals surface area contributed by atoms with Crippen LogP contribution in [0.2, 0.25) is 0 Å². The van der Waals surface area contributed by atoms with E-state index in [1.807, 2.05) is 36.4 Å². The van der Waals surface area contributed by atoms with E-state index in [1.165, 1.54) is 12.3 Å². The van der Waals surface area contributed by atoms with Gasteiger partial charge in [-0.05, 0) is 35.6 Å². The molecule has 5 nitrogen and oxygen atoms in total. The maximum atomic E-state index is 14.2. The third-order valence-electron chi connectivity index (χ3n) is 6.00. The van der Waals surface area contributed by atoms with Crippen LogP contribution in [0.15, 0.2) is 66.9 Å². The lowest BCUT2D eigenvalue weighted by atomic mass is 9.73. The molecule has 0 fully saturated rings. The largest absolute Gasteiger partial charge is 0.417 e. The number of halogens is 3. The van der Waals surface area contributed by atoms with Crippen molar-refractivity contribution in [3.8, 4) is 17.5 Å². The van der Waals surface area contributed by atoms with Crippen LogP contribution in [0.5, 0.6) is 0 Å². The molecule has 0 amide bonds. The number of rotatable bonds is 6. The van der Waals surface area contributed by atoms with Crippen LogP contribution in [0.4, 0.5) is 13.2 Å². The normalized spacial score (nSPS) is 14.0. The SMILES string of the molecule is CC(C)(CC(O)(Cc1cc2nc(-c3ccccc3)ncc2[nH]1)C(F)(F)F)c1ccc(C#N)cc1. The number of aliphatic hydroxyl groups is 1. The lowest BCUT2D eigenvalue weighted by molar-refractivity contribution is -0.266. The van der Waals surface area contributed by atoms with Gasteiger partial charge in [-0.15, -0.1) is 0 Å². The number of hydrogen-bond donors (Lipinski definition) is 2. The molecule has 2 aromatic carbocycles. The number of benzene rings is 2. The summed E-state index contributed by atoms with van der Waals surface area (Å²) >= 11 is 0. The summed E-state index contributed by atoms with van der Waals surface area (Å²) < 4.78 is 42.5. The van der Waals surface area contributed by atoms with Crippen molar-refractivity contribution in [2.75, 3.05) is 0 Å². The average molecular weight is 464 g/mol. The highest BCUT2D eigenvalue weighted by molar-refractivity contribution is 5.77. The van der Waals surface area contributed by atoms with Gasteiger partial charge < -0.3 is 10.1 Å². The predicted molar refractivity (Wildman–Crippen MR) is 123 cm³/mol. The van der Waals surface area contributed by atoms with E-state index in [4.69, 9.17) is 5.26 Å². The molecule has 0 saturated carbocycles. The molecule has 0 aliphatic rings. The minimum absolute atomic E-state index is 0.213. The minimum Gasteiger partial charge on any atom is -0.380 e. The minimum atomic E-state index is -4.87. The van der Waals surface area contributed by atoms with Crippen LogP contribution in [0.25, 0.3) is 22.4 Å². The van der Waals surface area contributed by atoms with Crippen LogP contribution >= 0.6 is 0 Å². The van der Waals surface area contributed by atoms with Gasteiger partial charge in [0.15, 0.2) is 11.4 Å². The Morgan fingerprint density at radius 2 is 1.71 bits per heavy atom. The van der Waals surface area contributed by atoms with E-state index in [1.54, 1.807) is 38.1 Å². The topological polar surface area (TPSA) is 85.6 Å². The number of hydrogen-bond acceptors (Lipinski definition) is 4. The lowest BCUT2D eigenvalue weighted by Gasteiger charge is -2.38. The van der Waals surface area contributed by atoms with E-state index in [9.17, 15) is 18.3 Å². The number of H-pyrrole nitrogens is 1. The Labute approximate surface area is 194 Å². The van der Waals surface area contributed by atoms with Gasteiger partial charge in [-0.1, -0.05) is 56.3 Å². The predicted octanol–water partition coefficient (Wildman–Crippen LogP) is 5.70. The maximum absolute atomic E-state index is 14.2. The monoisotopic (exact) mass is 464 g/mol. The first-order chi connectivity index (χ1) is 16.0. The van der Waals surface area contributed by atoms with Crippen LogP contribution in [0.1, 0.15) is 37.1 Å². The number of aromatic nitrogens is 3. The van der Waals surface area contributed by atoms with Gasteiger partial charge in [-0.25, -0.2) is 9.97 Å². The Balaban J connectivity index is 1.64. The van der Waals surface area contributed by atoms with E-state index < -0.39 is 30.0 Å². The molecule has 174 valence electrons. The highest BCUT2D eigenvalue weighted by Gasteiger charge is 2.56. The summed E-state index contributed by atoms with van der Waals surface area (Å²) in [6.45, 7) is 3.29. The number of alkyl halides is 3. The van der Waals surface area contributed by atoms with E-state index >= 15 is 0 Å².